The molecule has 0 heterocycles. The van der Waals surface area contributed by atoms with Crippen molar-refractivity contribution >= 4 is 11.8 Å². The topological polar surface area (TPSA) is 43.4 Å². The van der Waals surface area contributed by atoms with Gasteiger partial charge >= 0.3 is 5.97 Å². The van der Waals surface area contributed by atoms with Crippen LogP contribution in [0.4, 0.5) is 0 Å². The van der Waals surface area contributed by atoms with E-state index in [9.17, 15) is 9.59 Å². The summed E-state index contributed by atoms with van der Waals surface area (Å²) in [6.07, 6.45) is 2.41. The maximum absolute atomic E-state index is 11.0. The molecule has 0 aliphatic carbocycles. The first-order valence-corrected chi connectivity index (χ1v) is 3.96. The molecule has 0 aliphatic rings. The molecule has 0 fully saturated rings. The fourth-order valence-electron chi connectivity index (χ4n) is 0.533. The van der Waals surface area contributed by atoms with E-state index in [-0.39, 0.29) is 11.7 Å². The monoisotopic (exact) mass is 170 g/mol. The van der Waals surface area contributed by atoms with E-state index in [4.69, 9.17) is 0 Å². The molecule has 0 bridgehead atoms. The van der Waals surface area contributed by atoms with E-state index in [0.29, 0.717) is 6.61 Å². The molecule has 0 aromatic rings. The highest BCUT2D eigenvalue weighted by Crippen LogP contribution is 1.95. The van der Waals surface area contributed by atoms with Crippen molar-refractivity contribution in [2.75, 3.05) is 6.61 Å². The number of carbonyl (C=O) groups excluding carboxylic acids is 2. The molecule has 0 atom stereocenters. The highest BCUT2D eigenvalue weighted by molar-refractivity contribution is 5.96. The van der Waals surface area contributed by atoms with Gasteiger partial charge in [0, 0.05) is 12.0 Å². The summed E-state index contributed by atoms with van der Waals surface area (Å²) in [6, 6.07) is 0. The van der Waals surface area contributed by atoms with Crippen LogP contribution in [-0.4, -0.2) is 18.4 Å². The van der Waals surface area contributed by atoms with Gasteiger partial charge in [-0.15, -0.1) is 0 Å². The quantitative estimate of drug-likeness (QED) is 0.472. The van der Waals surface area contributed by atoms with E-state index in [1.807, 2.05) is 0 Å². The molecule has 0 radical (unpaired) electrons. The summed E-state index contributed by atoms with van der Waals surface area (Å²) >= 11 is 0. The first-order valence-electron chi connectivity index (χ1n) is 3.96. The summed E-state index contributed by atoms with van der Waals surface area (Å²) in [5.74, 6) is -0.606. The second-order valence-corrected chi connectivity index (χ2v) is 2.64. The highest BCUT2D eigenvalue weighted by atomic mass is 16.5. The standard InChI is InChI=1S/C9H14O3/c1-4-12-9(11)6-5-8(10)7(2)3/h5-7H,4H2,1-3H3/b6-5+. The zero-order valence-corrected chi connectivity index (χ0v) is 7.66. The van der Waals surface area contributed by atoms with Crippen LogP contribution in [0, 0.1) is 5.92 Å². The van der Waals surface area contributed by atoms with Gasteiger partial charge in [-0.1, -0.05) is 13.8 Å². The molecular formula is C9H14O3. The van der Waals surface area contributed by atoms with Crippen LogP contribution in [0.1, 0.15) is 20.8 Å². The van der Waals surface area contributed by atoms with Gasteiger partial charge < -0.3 is 4.74 Å². The number of rotatable bonds is 4. The normalized spacial score (nSPS) is 10.7. The molecule has 68 valence electrons. The van der Waals surface area contributed by atoms with Crippen LogP contribution >= 0.6 is 0 Å². The first kappa shape index (κ1) is 10.9. The van der Waals surface area contributed by atoms with Crippen LogP contribution in [0.2, 0.25) is 0 Å². The van der Waals surface area contributed by atoms with Crippen LogP contribution in [0.5, 0.6) is 0 Å². The van der Waals surface area contributed by atoms with Gasteiger partial charge in [0.05, 0.1) is 6.61 Å². The van der Waals surface area contributed by atoms with Crippen molar-refractivity contribution in [2.24, 2.45) is 5.92 Å². The Balaban J connectivity index is 3.90. The second kappa shape index (κ2) is 5.52. The molecule has 0 saturated carbocycles. The molecule has 3 heteroatoms. The lowest BCUT2D eigenvalue weighted by molar-refractivity contribution is -0.137. The molecule has 0 aromatic carbocycles. The Morgan fingerprint density at radius 1 is 1.33 bits per heavy atom. The van der Waals surface area contributed by atoms with Crippen molar-refractivity contribution in [3.8, 4) is 0 Å². The molecule has 0 spiro atoms. The van der Waals surface area contributed by atoms with Crippen molar-refractivity contribution in [2.45, 2.75) is 20.8 Å². The average Bonchev–Trinajstić information content (AvgIpc) is 2.00. The van der Waals surface area contributed by atoms with Gasteiger partial charge in [-0.25, -0.2) is 4.79 Å². The second-order valence-electron chi connectivity index (χ2n) is 2.64. The van der Waals surface area contributed by atoms with E-state index < -0.39 is 5.97 Å². The van der Waals surface area contributed by atoms with Crippen LogP contribution in [0.15, 0.2) is 12.2 Å². The average molecular weight is 170 g/mol. The smallest absolute Gasteiger partial charge is 0.330 e. The predicted octanol–water partition coefficient (Wildman–Crippen LogP) is 1.33. The Morgan fingerprint density at radius 2 is 1.92 bits per heavy atom. The fourth-order valence-corrected chi connectivity index (χ4v) is 0.533. The van der Waals surface area contributed by atoms with E-state index in [1.54, 1.807) is 20.8 Å². The van der Waals surface area contributed by atoms with Crippen LogP contribution < -0.4 is 0 Å². The molecule has 3 nitrogen and oxygen atoms in total. The largest absolute Gasteiger partial charge is 0.463 e. The van der Waals surface area contributed by atoms with Gasteiger partial charge in [0.15, 0.2) is 5.78 Å². The first-order chi connectivity index (χ1) is 5.57. The van der Waals surface area contributed by atoms with E-state index in [2.05, 4.69) is 4.74 Å². The van der Waals surface area contributed by atoms with E-state index >= 15 is 0 Å². The summed E-state index contributed by atoms with van der Waals surface area (Å²) in [5, 5.41) is 0. The van der Waals surface area contributed by atoms with E-state index in [1.165, 1.54) is 6.08 Å². The summed E-state index contributed by atoms with van der Waals surface area (Å²) in [6.45, 7) is 5.60. The van der Waals surface area contributed by atoms with Gasteiger partial charge in [0.1, 0.15) is 0 Å². The molecule has 0 aromatic heterocycles. The Kier molecular flexibility index (Phi) is 5.00. The molecule has 0 saturated heterocycles. The lowest BCUT2D eigenvalue weighted by Crippen LogP contribution is -2.05. The highest BCUT2D eigenvalue weighted by Gasteiger charge is 2.02. The molecule has 0 rings (SSSR count). The summed E-state index contributed by atoms with van der Waals surface area (Å²) in [4.78, 5) is 21.7. The van der Waals surface area contributed by atoms with Gasteiger partial charge in [0.2, 0.25) is 0 Å². The maximum atomic E-state index is 11.0. The number of ketones is 1. The molecule has 0 unspecified atom stereocenters. The molecular weight excluding hydrogens is 156 g/mol. The molecule has 0 N–H and O–H groups in total. The lowest BCUT2D eigenvalue weighted by Gasteiger charge is -1.96. The maximum Gasteiger partial charge on any atom is 0.330 e. The Morgan fingerprint density at radius 3 is 2.33 bits per heavy atom. The van der Waals surface area contributed by atoms with Crippen LogP contribution in [0.3, 0.4) is 0 Å². The van der Waals surface area contributed by atoms with Crippen molar-refractivity contribution in [3.63, 3.8) is 0 Å². The Bertz CT molecular complexity index is 192. The predicted molar refractivity (Wildman–Crippen MR) is 45.6 cm³/mol. The van der Waals surface area contributed by atoms with Crippen LogP contribution in [0.25, 0.3) is 0 Å². The fraction of sp³-hybridized carbons (Fsp3) is 0.556. The zero-order valence-electron chi connectivity index (χ0n) is 7.66. The Labute approximate surface area is 72.4 Å². The lowest BCUT2D eigenvalue weighted by atomic mass is 10.1. The minimum atomic E-state index is -0.466. The number of ether oxygens (including phenoxy) is 1. The molecule has 0 aliphatic heterocycles. The molecule has 12 heavy (non-hydrogen) atoms. The minimum absolute atomic E-state index is 0.0666. The van der Waals surface area contributed by atoms with Gasteiger partial charge in [-0.3, -0.25) is 4.79 Å². The SMILES string of the molecule is CCOC(=O)/C=C/C(=O)C(C)C. The number of carbonyl (C=O) groups is 2. The third-order valence-corrected chi connectivity index (χ3v) is 1.24. The number of esters is 1. The minimum Gasteiger partial charge on any atom is -0.463 e. The third-order valence-electron chi connectivity index (χ3n) is 1.24. The third kappa shape index (κ3) is 4.66. The van der Waals surface area contributed by atoms with E-state index in [0.717, 1.165) is 6.08 Å². The Hall–Kier alpha value is -1.12. The van der Waals surface area contributed by atoms with Crippen LogP contribution in [-0.2, 0) is 14.3 Å². The van der Waals surface area contributed by atoms with Gasteiger partial charge in [0.25, 0.3) is 0 Å². The number of hydrogen-bond acceptors (Lipinski definition) is 3. The number of hydrogen-bond donors (Lipinski definition) is 0. The molecule has 0 amide bonds. The van der Waals surface area contributed by atoms with Crippen molar-refractivity contribution in [3.05, 3.63) is 12.2 Å². The van der Waals surface area contributed by atoms with Crippen molar-refractivity contribution < 1.29 is 14.3 Å². The summed E-state index contributed by atoms with van der Waals surface area (Å²) in [7, 11) is 0. The van der Waals surface area contributed by atoms with Crippen molar-refractivity contribution in [1.82, 2.24) is 0 Å². The van der Waals surface area contributed by atoms with Gasteiger partial charge in [-0.2, -0.15) is 0 Å². The summed E-state index contributed by atoms with van der Waals surface area (Å²) in [5.41, 5.74) is 0. The number of allylic oxidation sites excluding steroid dienone is 1. The van der Waals surface area contributed by atoms with Gasteiger partial charge in [-0.05, 0) is 13.0 Å². The summed E-state index contributed by atoms with van der Waals surface area (Å²) < 4.78 is 4.59. The zero-order chi connectivity index (χ0) is 9.56. The van der Waals surface area contributed by atoms with Crippen molar-refractivity contribution in [1.29, 1.82) is 0 Å².